The van der Waals surface area contributed by atoms with Gasteiger partial charge in [-0.05, 0) is 36.0 Å². The van der Waals surface area contributed by atoms with E-state index in [9.17, 15) is 4.79 Å². The van der Waals surface area contributed by atoms with Gasteiger partial charge in [0.2, 0.25) is 0 Å². The van der Waals surface area contributed by atoms with Crippen molar-refractivity contribution in [3.05, 3.63) is 71.3 Å². The Morgan fingerprint density at radius 1 is 0.842 bits per heavy atom. The van der Waals surface area contributed by atoms with Gasteiger partial charge in [0.1, 0.15) is 0 Å². The van der Waals surface area contributed by atoms with E-state index in [1.165, 1.54) is 16.7 Å². The number of aliphatic carboxylic acids is 1. The lowest BCUT2D eigenvalue weighted by atomic mass is 10.0. The third-order valence-electron chi connectivity index (χ3n) is 3.13. The number of carboxylic acids is 1. The van der Waals surface area contributed by atoms with Crippen molar-refractivity contribution < 1.29 is 9.90 Å². The smallest absolute Gasteiger partial charge is 0.303 e. The van der Waals surface area contributed by atoms with Crippen LogP contribution in [0.25, 0.3) is 0 Å². The highest BCUT2D eigenvalue weighted by Gasteiger charge is 1.99. The summed E-state index contributed by atoms with van der Waals surface area (Å²) in [5.41, 5.74) is 3.80. The first kappa shape index (κ1) is 13.3. The number of rotatable bonds is 6. The fourth-order valence-corrected chi connectivity index (χ4v) is 2.10. The number of hydrogen-bond acceptors (Lipinski definition) is 1. The quantitative estimate of drug-likeness (QED) is 0.853. The Hall–Kier alpha value is -2.09. The molecule has 2 aromatic carbocycles. The lowest BCUT2D eigenvalue weighted by molar-refractivity contribution is -0.137. The van der Waals surface area contributed by atoms with Crippen LogP contribution in [0.5, 0.6) is 0 Å². The van der Waals surface area contributed by atoms with Gasteiger partial charge in [-0.25, -0.2) is 0 Å². The van der Waals surface area contributed by atoms with Gasteiger partial charge in [0, 0.05) is 6.42 Å². The largest absolute Gasteiger partial charge is 0.481 e. The minimum absolute atomic E-state index is 0.242. The Balaban J connectivity index is 1.89. The van der Waals surface area contributed by atoms with Crippen molar-refractivity contribution in [2.45, 2.75) is 25.7 Å². The molecule has 1 N–H and O–H groups in total. The Kier molecular flexibility index (Phi) is 4.73. The summed E-state index contributed by atoms with van der Waals surface area (Å²) < 4.78 is 0. The van der Waals surface area contributed by atoms with Crippen molar-refractivity contribution >= 4 is 5.97 Å². The van der Waals surface area contributed by atoms with E-state index in [0.717, 1.165) is 12.8 Å². The predicted molar refractivity (Wildman–Crippen MR) is 76.3 cm³/mol. The summed E-state index contributed by atoms with van der Waals surface area (Å²) in [6.45, 7) is 0. The van der Waals surface area contributed by atoms with Crippen LogP contribution in [0.2, 0.25) is 0 Å². The number of benzene rings is 2. The van der Waals surface area contributed by atoms with Crippen molar-refractivity contribution in [1.82, 2.24) is 0 Å². The summed E-state index contributed by atoms with van der Waals surface area (Å²) in [6, 6.07) is 18.8. The molecule has 0 amide bonds. The van der Waals surface area contributed by atoms with Gasteiger partial charge in [0.15, 0.2) is 0 Å². The van der Waals surface area contributed by atoms with Gasteiger partial charge in [-0.15, -0.1) is 0 Å². The van der Waals surface area contributed by atoms with Crippen molar-refractivity contribution in [2.24, 2.45) is 0 Å². The Bertz CT molecular complexity index is 515. The molecule has 0 aliphatic carbocycles. The summed E-state index contributed by atoms with van der Waals surface area (Å²) in [4.78, 5) is 10.4. The average molecular weight is 254 g/mol. The highest BCUT2D eigenvalue weighted by atomic mass is 16.4. The van der Waals surface area contributed by atoms with E-state index in [0.29, 0.717) is 6.42 Å². The summed E-state index contributed by atoms with van der Waals surface area (Å²) in [7, 11) is 0. The van der Waals surface area contributed by atoms with Crippen LogP contribution in [0.15, 0.2) is 54.6 Å². The fraction of sp³-hybridized carbons (Fsp3) is 0.235. The van der Waals surface area contributed by atoms with E-state index in [-0.39, 0.29) is 6.42 Å². The third kappa shape index (κ3) is 4.59. The van der Waals surface area contributed by atoms with Crippen molar-refractivity contribution in [3.63, 3.8) is 0 Å². The third-order valence-corrected chi connectivity index (χ3v) is 3.13. The van der Waals surface area contributed by atoms with Gasteiger partial charge >= 0.3 is 5.97 Å². The summed E-state index contributed by atoms with van der Waals surface area (Å²) >= 11 is 0. The molecular weight excluding hydrogens is 236 g/mol. The molecule has 0 bridgehead atoms. The molecule has 0 aliphatic rings. The molecule has 0 saturated heterocycles. The molecule has 0 spiro atoms. The highest BCUT2D eigenvalue weighted by molar-refractivity contribution is 5.66. The van der Waals surface area contributed by atoms with E-state index in [1.54, 1.807) is 0 Å². The number of carboxylic acid groups (broad SMARTS) is 1. The van der Waals surface area contributed by atoms with Gasteiger partial charge in [-0.2, -0.15) is 0 Å². The van der Waals surface area contributed by atoms with Gasteiger partial charge in [-0.1, -0.05) is 54.6 Å². The monoisotopic (exact) mass is 254 g/mol. The van der Waals surface area contributed by atoms with Crippen molar-refractivity contribution in [3.8, 4) is 0 Å². The lowest BCUT2D eigenvalue weighted by Crippen LogP contribution is -1.96. The molecule has 2 rings (SSSR count). The number of hydrogen-bond donors (Lipinski definition) is 1. The molecule has 0 aliphatic heterocycles. The highest BCUT2D eigenvalue weighted by Crippen LogP contribution is 2.12. The maximum absolute atomic E-state index is 10.4. The molecule has 2 nitrogen and oxygen atoms in total. The summed E-state index contributed by atoms with van der Waals surface area (Å²) in [6.07, 6.45) is 2.72. The van der Waals surface area contributed by atoms with E-state index in [1.807, 2.05) is 6.07 Å². The molecule has 0 radical (unpaired) electrons. The molecule has 0 aromatic heterocycles. The second kappa shape index (κ2) is 6.74. The van der Waals surface area contributed by atoms with Gasteiger partial charge < -0.3 is 5.11 Å². The molecule has 2 aromatic rings. The first-order valence-corrected chi connectivity index (χ1v) is 6.57. The molecule has 0 unspecified atom stereocenters. The van der Waals surface area contributed by atoms with E-state index >= 15 is 0 Å². The van der Waals surface area contributed by atoms with Crippen LogP contribution >= 0.6 is 0 Å². The second-order valence-corrected chi connectivity index (χ2v) is 4.73. The molecule has 19 heavy (non-hydrogen) atoms. The van der Waals surface area contributed by atoms with Crippen LogP contribution in [0, 0.1) is 0 Å². The Morgan fingerprint density at radius 3 is 2.05 bits per heavy atom. The number of aryl methyl sites for hydroxylation is 1. The molecule has 0 saturated carbocycles. The second-order valence-electron chi connectivity index (χ2n) is 4.73. The standard InChI is InChI=1S/C17H18O2/c18-17(19)8-4-7-14-9-11-16(12-10-14)13-15-5-2-1-3-6-15/h1-3,5-6,9-12H,4,7-8,13H2,(H,18,19). The SMILES string of the molecule is O=C(O)CCCc1ccc(Cc2ccccc2)cc1. The molecule has 0 atom stereocenters. The van der Waals surface area contributed by atoms with Gasteiger partial charge in [-0.3, -0.25) is 4.79 Å². The van der Waals surface area contributed by atoms with Gasteiger partial charge in [0.05, 0.1) is 0 Å². The Morgan fingerprint density at radius 2 is 1.42 bits per heavy atom. The fourth-order valence-electron chi connectivity index (χ4n) is 2.10. The lowest BCUT2D eigenvalue weighted by Gasteiger charge is -2.04. The normalized spacial score (nSPS) is 10.3. The van der Waals surface area contributed by atoms with E-state index in [2.05, 4.69) is 48.5 Å². The minimum Gasteiger partial charge on any atom is -0.481 e. The zero-order valence-corrected chi connectivity index (χ0v) is 10.9. The Labute approximate surface area is 113 Å². The van der Waals surface area contributed by atoms with Crippen LogP contribution in [-0.4, -0.2) is 11.1 Å². The van der Waals surface area contributed by atoms with E-state index in [4.69, 9.17) is 5.11 Å². The molecule has 0 fully saturated rings. The molecule has 2 heteroatoms. The number of carbonyl (C=O) groups is 1. The maximum Gasteiger partial charge on any atom is 0.303 e. The molecule has 0 heterocycles. The van der Waals surface area contributed by atoms with Crippen molar-refractivity contribution in [2.75, 3.05) is 0 Å². The maximum atomic E-state index is 10.4. The van der Waals surface area contributed by atoms with Crippen LogP contribution in [0.4, 0.5) is 0 Å². The van der Waals surface area contributed by atoms with Crippen LogP contribution in [0.3, 0.4) is 0 Å². The van der Waals surface area contributed by atoms with Crippen LogP contribution < -0.4 is 0 Å². The topological polar surface area (TPSA) is 37.3 Å². The van der Waals surface area contributed by atoms with Crippen molar-refractivity contribution in [1.29, 1.82) is 0 Å². The average Bonchev–Trinajstić information content (AvgIpc) is 2.42. The molecular formula is C17H18O2. The zero-order valence-electron chi connectivity index (χ0n) is 10.9. The zero-order chi connectivity index (χ0) is 13.5. The summed E-state index contributed by atoms with van der Waals surface area (Å²) in [5.74, 6) is -0.722. The first-order chi connectivity index (χ1) is 9.24. The minimum atomic E-state index is -0.722. The van der Waals surface area contributed by atoms with Gasteiger partial charge in [0.25, 0.3) is 0 Å². The first-order valence-electron chi connectivity index (χ1n) is 6.57. The van der Waals surface area contributed by atoms with Crippen LogP contribution in [0.1, 0.15) is 29.5 Å². The molecule has 98 valence electrons. The van der Waals surface area contributed by atoms with Crippen LogP contribution in [-0.2, 0) is 17.6 Å². The predicted octanol–water partition coefficient (Wildman–Crippen LogP) is 3.68. The van der Waals surface area contributed by atoms with E-state index < -0.39 is 5.97 Å². The summed E-state index contributed by atoms with van der Waals surface area (Å²) in [5, 5.41) is 8.60.